The number of nitrogens with two attached hydrogens (primary N) is 1. The quantitative estimate of drug-likeness (QED) is 0.369. The Bertz CT molecular complexity index is 1440. The molecule has 0 saturated heterocycles. The van der Waals surface area contributed by atoms with E-state index in [0.717, 1.165) is 33.2 Å². The summed E-state index contributed by atoms with van der Waals surface area (Å²) in [6.07, 6.45) is 2.38. The summed E-state index contributed by atoms with van der Waals surface area (Å²) in [6, 6.07) is 15.1. The van der Waals surface area contributed by atoms with Crippen LogP contribution in [0.5, 0.6) is 0 Å². The Morgan fingerprint density at radius 2 is 1.59 bits per heavy atom. The zero-order valence-corrected chi connectivity index (χ0v) is 17.1. The molecule has 8 heteroatoms. The standard InChI is InChI=1S/C24H21N3O5/c25-24(11-28,12-29)21-10-17-7-14(3-5-19(17)31-21)22-26-23(32-27-22)15-4-6-18-16(8-15)9-20(30-18)13-1-2-13/h3-10,13,28-29H,1-2,11-12,25H2. The molecule has 32 heavy (non-hydrogen) atoms. The van der Waals surface area contributed by atoms with Gasteiger partial charge in [-0.25, -0.2) is 0 Å². The largest absolute Gasteiger partial charge is 0.461 e. The van der Waals surface area contributed by atoms with Gasteiger partial charge in [0.1, 0.15) is 28.2 Å². The Hall–Kier alpha value is -3.46. The molecule has 1 aliphatic carbocycles. The molecule has 3 heterocycles. The lowest BCUT2D eigenvalue weighted by atomic mass is 10.00. The molecule has 0 radical (unpaired) electrons. The van der Waals surface area contributed by atoms with Gasteiger partial charge in [-0.15, -0.1) is 0 Å². The molecule has 6 rings (SSSR count). The molecule has 5 aromatic rings. The molecule has 4 N–H and O–H groups in total. The van der Waals surface area contributed by atoms with E-state index >= 15 is 0 Å². The number of fused-ring (bicyclic) bond motifs is 2. The van der Waals surface area contributed by atoms with Crippen molar-refractivity contribution in [2.24, 2.45) is 5.73 Å². The highest BCUT2D eigenvalue weighted by atomic mass is 16.5. The Balaban J connectivity index is 1.33. The molecule has 1 aliphatic rings. The van der Waals surface area contributed by atoms with Crippen molar-refractivity contribution in [2.45, 2.75) is 24.3 Å². The van der Waals surface area contributed by atoms with E-state index in [2.05, 4.69) is 16.2 Å². The second-order valence-electron chi connectivity index (χ2n) is 8.43. The van der Waals surface area contributed by atoms with Crippen molar-refractivity contribution in [3.8, 4) is 22.8 Å². The van der Waals surface area contributed by atoms with Crippen LogP contribution in [0.2, 0.25) is 0 Å². The molecule has 2 aromatic carbocycles. The maximum Gasteiger partial charge on any atom is 0.258 e. The predicted octanol–water partition coefficient (Wildman–Crippen LogP) is 3.91. The van der Waals surface area contributed by atoms with E-state index in [0.29, 0.717) is 29.0 Å². The van der Waals surface area contributed by atoms with Crippen LogP contribution in [-0.2, 0) is 5.54 Å². The minimum atomic E-state index is -1.34. The van der Waals surface area contributed by atoms with Gasteiger partial charge in [-0.1, -0.05) is 5.16 Å². The van der Waals surface area contributed by atoms with Gasteiger partial charge < -0.3 is 29.3 Å². The van der Waals surface area contributed by atoms with Crippen LogP contribution in [-0.4, -0.2) is 33.6 Å². The van der Waals surface area contributed by atoms with Gasteiger partial charge in [-0.2, -0.15) is 4.98 Å². The van der Waals surface area contributed by atoms with Crippen LogP contribution >= 0.6 is 0 Å². The number of aliphatic hydroxyl groups is 2. The molecular weight excluding hydrogens is 410 g/mol. The fourth-order valence-corrected chi connectivity index (χ4v) is 3.86. The molecule has 0 amide bonds. The highest BCUT2D eigenvalue weighted by Gasteiger charge is 2.30. The van der Waals surface area contributed by atoms with Gasteiger partial charge in [-0.3, -0.25) is 0 Å². The maximum absolute atomic E-state index is 9.52. The van der Waals surface area contributed by atoms with Crippen LogP contribution < -0.4 is 5.73 Å². The number of nitrogens with zero attached hydrogens (tertiary/aromatic N) is 2. The van der Waals surface area contributed by atoms with E-state index in [1.165, 1.54) is 12.8 Å². The first kappa shape index (κ1) is 19.2. The van der Waals surface area contributed by atoms with Gasteiger partial charge in [0.05, 0.1) is 13.2 Å². The van der Waals surface area contributed by atoms with Crippen molar-refractivity contribution in [3.05, 3.63) is 60.1 Å². The van der Waals surface area contributed by atoms with E-state index in [9.17, 15) is 10.2 Å². The van der Waals surface area contributed by atoms with Crippen molar-refractivity contribution in [2.75, 3.05) is 13.2 Å². The number of hydrogen-bond donors (Lipinski definition) is 3. The van der Waals surface area contributed by atoms with Gasteiger partial charge in [0.15, 0.2) is 0 Å². The van der Waals surface area contributed by atoms with Crippen molar-refractivity contribution in [3.63, 3.8) is 0 Å². The lowest BCUT2D eigenvalue weighted by Crippen LogP contribution is -2.43. The van der Waals surface area contributed by atoms with Crippen molar-refractivity contribution < 1.29 is 23.6 Å². The number of rotatable bonds is 6. The average Bonchev–Trinajstić information content (AvgIpc) is 3.23. The number of aromatic nitrogens is 2. The third kappa shape index (κ3) is 3.12. The summed E-state index contributed by atoms with van der Waals surface area (Å²) in [5, 5.41) is 25.0. The molecular formula is C24H21N3O5. The lowest BCUT2D eigenvalue weighted by molar-refractivity contribution is 0.105. The van der Waals surface area contributed by atoms with Crippen LogP contribution in [0, 0.1) is 0 Å². The summed E-state index contributed by atoms with van der Waals surface area (Å²) in [7, 11) is 0. The zero-order chi connectivity index (χ0) is 21.9. The van der Waals surface area contributed by atoms with E-state index in [4.69, 9.17) is 19.1 Å². The Morgan fingerprint density at radius 1 is 0.906 bits per heavy atom. The topological polar surface area (TPSA) is 132 Å². The monoisotopic (exact) mass is 431 g/mol. The number of benzene rings is 2. The Morgan fingerprint density at radius 3 is 2.34 bits per heavy atom. The molecule has 8 nitrogen and oxygen atoms in total. The second-order valence-corrected chi connectivity index (χ2v) is 8.43. The van der Waals surface area contributed by atoms with Gasteiger partial charge in [0, 0.05) is 27.8 Å². The Kier molecular flexibility index (Phi) is 4.23. The number of furan rings is 2. The van der Waals surface area contributed by atoms with E-state index in [1.54, 1.807) is 12.1 Å². The smallest absolute Gasteiger partial charge is 0.258 e. The van der Waals surface area contributed by atoms with Crippen LogP contribution in [0.3, 0.4) is 0 Å². The molecule has 162 valence electrons. The van der Waals surface area contributed by atoms with E-state index in [-0.39, 0.29) is 0 Å². The van der Waals surface area contributed by atoms with Gasteiger partial charge in [0.2, 0.25) is 5.82 Å². The first-order valence-corrected chi connectivity index (χ1v) is 10.5. The summed E-state index contributed by atoms with van der Waals surface area (Å²) in [6.45, 7) is -0.874. The van der Waals surface area contributed by atoms with E-state index < -0.39 is 18.8 Å². The van der Waals surface area contributed by atoms with Crippen LogP contribution in [0.4, 0.5) is 0 Å². The highest BCUT2D eigenvalue weighted by molar-refractivity contribution is 5.84. The van der Waals surface area contributed by atoms with Crippen molar-refractivity contribution >= 4 is 21.9 Å². The van der Waals surface area contributed by atoms with Gasteiger partial charge >= 0.3 is 0 Å². The summed E-state index contributed by atoms with van der Waals surface area (Å²) in [5.74, 6) is 2.77. The maximum atomic E-state index is 9.52. The minimum Gasteiger partial charge on any atom is -0.461 e. The minimum absolute atomic E-state index is 0.308. The molecule has 0 unspecified atom stereocenters. The summed E-state index contributed by atoms with van der Waals surface area (Å²) < 4.78 is 17.2. The normalized spacial score (nSPS) is 14.6. The average molecular weight is 431 g/mol. The predicted molar refractivity (Wildman–Crippen MR) is 117 cm³/mol. The fourth-order valence-electron chi connectivity index (χ4n) is 3.86. The van der Waals surface area contributed by atoms with E-state index in [1.807, 2.05) is 30.3 Å². The molecule has 1 fully saturated rings. The summed E-state index contributed by atoms with van der Waals surface area (Å²) in [4.78, 5) is 4.56. The van der Waals surface area contributed by atoms with Gasteiger partial charge in [-0.05, 0) is 61.4 Å². The first-order chi connectivity index (χ1) is 15.6. The third-order valence-electron chi connectivity index (χ3n) is 6.02. The van der Waals surface area contributed by atoms with Crippen molar-refractivity contribution in [1.82, 2.24) is 10.1 Å². The Labute approximate surface area is 182 Å². The fraction of sp³-hybridized carbons (Fsp3) is 0.250. The van der Waals surface area contributed by atoms with Gasteiger partial charge in [0.25, 0.3) is 5.89 Å². The zero-order valence-electron chi connectivity index (χ0n) is 17.1. The van der Waals surface area contributed by atoms with Crippen LogP contribution in [0.1, 0.15) is 30.3 Å². The SMILES string of the molecule is NC(CO)(CO)c1cc2cc(-c3noc(-c4ccc5oc(C6CC6)cc5c4)n3)ccc2o1. The highest BCUT2D eigenvalue weighted by Crippen LogP contribution is 2.42. The molecule has 0 bridgehead atoms. The first-order valence-electron chi connectivity index (χ1n) is 10.5. The third-order valence-corrected chi connectivity index (χ3v) is 6.02. The summed E-state index contributed by atoms with van der Waals surface area (Å²) in [5.41, 5.74) is 7.69. The lowest BCUT2D eigenvalue weighted by Gasteiger charge is -2.21. The van der Waals surface area contributed by atoms with Crippen LogP contribution in [0.15, 0.2) is 61.9 Å². The molecule has 0 spiro atoms. The molecule has 3 aromatic heterocycles. The second kappa shape index (κ2) is 7.03. The molecule has 0 aliphatic heterocycles. The van der Waals surface area contributed by atoms with Crippen molar-refractivity contribution in [1.29, 1.82) is 0 Å². The van der Waals surface area contributed by atoms with Crippen LogP contribution in [0.25, 0.3) is 44.8 Å². The summed E-state index contributed by atoms with van der Waals surface area (Å²) >= 11 is 0. The molecule has 1 saturated carbocycles. The molecule has 0 atom stereocenters. The number of aliphatic hydroxyl groups excluding tert-OH is 2. The number of hydrogen-bond acceptors (Lipinski definition) is 8.